The van der Waals surface area contributed by atoms with Gasteiger partial charge < -0.3 is 0 Å². The topological polar surface area (TPSA) is 68.3 Å². The second-order valence-electron chi connectivity index (χ2n) is 12.5. The Hall–Kier alpha value is -0.620. The van der Waals surface area contributed by atoms with Gasteiger partial charge in [0.15, 0.2) is 19.7 Å². The minimum absolute atomic E-state index is 0.300. The number of hydrogen-bond acceptors (Lipinski definition) is 4. The summed E-state index contributed by atoms with van der Waals surface area (Å²) in [6.45, 7) is 10.3. The molecular weight excluding hydrogens is 440 g/mol. The average Bonchev–Trinajstić information content (AvgIpc) is 2.61. The van der Waals surface area contributed by atoms with Crippen LogP contribution in [0.25, 0.3) is 0 Å². The van der Waals surface area contributed by atoms with Crippen LogP contribution < -0.4 is 0 Å². The van der Waals surface area contributed by atoms with Crippen LogP contribution in [-0.2, 0) is 19.7 Å². The van der Waals surface area contributed by atoms with Crippen LogP contribution in [-0.4, -0.2) is 26.3 Å². The molecule has 0 unspecified atom stereocenters. The molecule has 0 spiro atoms. The number of allylic oxidation sites excluding steroid dienone is 4. The fraction of sp³-hybridized carbons (Fsp3) is 0.846. The quantitative estimate of drug-likeness (QED) is 0.414. The first-order valence-electron chi connectivity index (χ1n) is 12.6. The lowest BCUT2D eigenvalue weighted by Crippen LogP contribution is -2.68. The van der Waals surface area contributed by atoms with Crippen LogP contribution in [0.3, 0.4) is 0 Å². The monoisotopic (exact) mass is 482 g/mol. The minimum Gasteiger partial charge on any atom is -0.223 e. The van der Waals surface area contributed by atoms with E-state index in [9.17, 15) is 16.8 Å². The van der Waals surface area contributed by atoms with E-state index in [0.29, 0.717) is 9.81 Å². The van der Waals surface area contributed by atoms with E-state index in [0.717, 1.165) is 64.2 Å². The van der Waals surface area contributed by atoms with E-state index in [1.165, 1.54) is 24.0 Å². The van der Waals surface area contributed by atoms with Gasteiger partial charge in [-0.05, 0) is 80.1 Å². The summed E-state index contributed by atoms with van der Waals surface area (Å²) in [5, 5.41) is 0. The zero-order chi connectivity index (χ0) is 23.8. The maximum Gasteiger partial charge on any atom is 0.181 e. The highest BCUT2D eigenvalue weighted by molar-refractivity contribution is 8.00. The van der Waals surface area contributed by atoms with Gasteiger partial charge >= 0.3 is 0 Å². The number of sulfone groups is 2. The largest absolute Gasteiger partial charge is 0.223 e. The van der Waals surface area contributed by atoms with Crippen LogP contribution in [0.1, 0.15) is 119 Å². The van der Waals surface area contributed by atoms with E-state index in [2.05, 4.69) is 0 Å². The molecule has 4 nitrogen and oxygen atoms in total. The Kier molecular flexibility index (Phi) is 5.69. The number of rotatable bonds is 2. The summed E-state index contributed by atoms with van der Waals surface area (Å²) in [7, 11) is -7.56. The van der Waals surface area contributed by atoms with E-state index < -0.39 is 40.0 Å². The van der Waals surface area contributed by atoms with Crippen molar-refractivity contribution >= 4 is 19.7 Å². The molecule has 0 amide bonds. The SMILES string of the molecule is CC(C)(C)S(=O)(=O)C1=C(S(=O)(=O)C(C)(C)C)[C@]23CCCCCC[C@]12C1=C3CCCCCC1. The third-order valence-electron chi connectivity index (χ3n) is 8.71. The maximum atomic E-state index is 14.1. The first-order valence-corrected chi connectivity index (χ1v) is 15.6. The summed E-state index contributed by atoms with van der Waals surface area (Å²) < 4.78 is 54.5. The Balaban J connectivity index is 2.10. The fourth-order valence-corrected chi connectivity index (χ4v) is 11.5. The average molecular weight is 483 g/mol. The van der Waals surface area contributed by atoms with Crippen molar-refractivity contribution in [1.29, 1.82) is 0 Å². The zero-order valence-corrected chi connectivity index (χ0v) is 22.6. The molecule has 0 aliphatic heterocycles. The molecule has 0 N–H and O–H groups in total. The molecule has 0 aromatic carbocycles. The van der Waals surface area contributed by atoms with Crippen molar-refractivity contribution in [3.05, 3.63) is 21.0 Å². The van der Waals surface area contributed by atoms with Gasteiger partial charge in [-0.15, -0.1) is 0 Å². The van der Waals surface area contributed by atoms with Gasteiger partial charge in [-0.3, -0.25) is 0 Å². The van der Waals surface area contributed by atoms with Crippen molar-refractivity contribution in [3.8, 4) is 0 Å². The highest BCUT2D eigenvalue weighted by Gasteiger charge is 2.79. The molecule has 0 aromatic rings. The number of hydrogen-bond donors (Lipinski definition) is 0. The first-order chi connectivity index (χ1) is 14.7. The lowest BCUT2D eigenvalue weighted by atomic mass is 9.36. The highest BCUT2D eigenvalue weighted by Crippen LogP contribution is 2.83. The molecule has 0 aromatic heterocycles. The van der Waals surface area contributed by atoms with Crippen molar-refractivity contribution in [2.45, 2.75) is 128 Å². The molecule has 4 rings (SSSR count). The van der Waals surface area contributed by atoms with E-state index in [4.69, 9.17) is 0 Å². The summed E-state index contributed by atoms with van der Waals surface area (Å²) in [5.41, 5.74) is 1.49. The van der Waals surface area contributed by atoms with E-state index >= 15 is 0 Å². The smallest absolute Gasteiger partial charge is 0.181 e. The summed E-state index contributed by atoms with van der Waals surface area (Å²) in [4.78, 5) is 0.599. The Morgan fingerprint density at radius 1 is 0.531 bits per heavy atom. The molecule has 0 radical (unpaired) electrons. The molecular formula is C26H42O4S2. The standard InChI is InChI=1S/C26H42O4S2/c1-23(2,3)31(27,28)21-22(32(29,30)24(4,5)6)26-18-14-10-9-13-17-25(21,26)19-15-11-7-8-12-16-20(19)26/h7-18H2,1-6H3/t25-,26+. The van der Waals surface area contributed by atoms with E-state index in [1.807, 2.05) is 0 Å². The van der Waals surface area contributed by atoms with Crippen LogP contribution in [0.2, 0.25) is 0 Å². The Morgan fingerprint density at radius 3 is 1.16 bits per heavy atom. The summed E-state index contributed by atoms with van der Waals surface area (Å²) in [5.74, 6) is 0. The molecule has 0 heterocycles. The molecule has 4 aliphatic rings. The molecule has 6 heteroatoms. The Labute approximate surface area is 196 Å². The molecule has 2 atom stereocenters. The second-order valence-corrected chi connectivity index (χ2v) is 17.8. The Morgan fingerprint density at radius 2 is 0.844 bits per heavy atom. The highest BCUT2D eigenvalue weighted by atomic mass is 32.2. The van der Waals surface area contributed by atoms with Crippen LogP contribution in [0.15, 0.2) is 21.0 Å². The summed E-state index contributed by atoms with van der Waals surface area (Å²) in [6.07, 6.45) is 12.1. The first kappa shape index (κ1) is 24.5. The van der Waals surface area contributed by atoms with E-state index in [1.54, 1.807) is 41.5 Å². The van der Waals surface area contributed by atoms with Gasteiger partial charge in [0, 0.05) is 10.8 Å². The van der Waals surface area contributed by atoms with Gasteiger partial charge in [0.05, 0.1) is 19.3 Å². The normalized spacial score (nSPS) is 32.3. The van der Waals surface area contributed by atoms with Crippen LogP contribution in [0.4, 0.5) is 0 Å². The molecule has 0 saturated heterocycles. The summed E-state index contributed by atoms with van der Waals surface area (Å²) >= 11 is 0. The molecule has 1 saturated carbocycles. The third-order valence-corrected chi connectivity index (χ3v) is 14.2. The predicted octanol–water partition coefficient (Wildman–Crippen LogP) is 6.63. The van der Waals surface area contributed by atoms with Crippen molar-refractivity contribution < 1.29 is 16.8 Å². The molecule has 4 aliphatic carbocycles. The van der Waals surface area contributed by atoms with Gasteiger partial charge in [0.2, 0.25) is 0 Å². The van der Waals surface area contributed by atoms with Crippen LogP contribution in [0.5, 0.6) is 0 Å². The summed E-state index contributed by atoms with van der Waals surface area (Å²) in [6, 6.07) is 0. The van der Waals surface area contributed by atoms with Crippen molar-refractivity contribution in [2.24, 2.45) is 10.8 Å². The molecule has 32 heavy (non-hydrogen) atoms. The van der Waals surface area contributed by atoms with Gasteiger partial charge in [0.1, 0.15) is 0 Å². The maximum absolute atomic E-state index is 14.1. The molecule has 1 fully saturated rings. The lowest BCUT2D eigenvalue weighted by Gasteiger charge is -2.72. The van der Waals surface area contributed by atoms with Gasteiger partial charge in [-0.2, -0.15) is 0 Å². The van der Waals surface area contributed by atoms with Gasteiger partial charge in [0.25, 0.3) is 0 Å². The van der Waals surface area contributed by atoms with Crippen LogP contribution in [0, 0.1) is 10.8 Å². The zero-order valence-electron chi connectivity index (χ0n) is 20.9. The van der Waals surface area contributed by atoms with Crippen LogP contribution >= 0.6 is 0 Å². The fourth-order valence-electron chi connectivity index (χ4n) is 7.05. The van der Waals surface area contributed by atoms with E-state index in [-0.39, 0.29) is 0 Å². The molecule has 182 valence electrons. The van der Waals surface area contributed by atoms with Gasteiger partial charge in [-0.1, -0.05) is 49.7 Å². The van der Waals surface area contributed by atoms with Gasteiger partial charge in [-0.25, -0.2) is 16.8 Å². The molecule has 0 bridgehead atoms. The Bertz CT molecular complexity index is 992. The predicted molar refractivity (Wildman–Crippen MR) is 132 cm³/mol. The van der Waals surface area contributed by atoms with Crippen molar-refractivity contribution in [2.75, 3.05) is 0 Å². The van der Waals surface area contributed by atoms with Crippen molar-refractivity contribution in [3.63, 3.8) is 0 Å². The second kappa shape index (κ2) is 7.44. The third kappa shape index (κ3) is 2.90. The minimum atomic E-state index is -3.78. The van der Waals surface area contributed by atoms with Crippen molar-refractivity contribution in [1.82, 2.24) is 0 Å². The lowest BCUT2D eigenvalue weighted by molar-refractivity contribution is 0.0590.